The molecular weight excluding hydrogens is 200 g/mol. The maximum Gasteiger partial charge on any atom is 0.514 e. The van der Waals surface area contributed by atoms with Crippen LogP contribution in [0.3, 0.4) is 0 Å². The van der Waals surface area contributed by atoms with Crippen molar-refractivity contribution in [3.63, 3.8) is 0 Å². The standard InChI is InChI=1S/C10H14O5/c1-7-10(3,15-9(12)14-7)5-4-6-13-8(2)11/h1,4-6H2,2-3H3. The average molecular weight is 214 g/mol. The highest BCUT2D eigenvalue weighted by molar-refractivity contribution is 5.66. The summed E-state index contributed by atoms with van der Waals surface area (Å²) in [6.07, 6.45) is 0.381. The van der Waals surface area contributed by atoms with E-state index in [-0.39, 0.29) is 5.97 Å². The van der Waals surface area contributed by atoms with E-state index in [1.807, 2.05) is 0 Å². The van der Waals surface area contributed by atoms with Gasteiger partial charge in [0.2, 0.25) is 0 Å². The van der Waals surface area contributed by atoms with Crippen molar-refractivity contribution in [2.24, 2.45) is 0 Å². The fraction of sp³-hybridized carbons (Fsp3) is 0.600. The molecule has 5 heteroatoms. The van der Waals surface area contributed by atoms with E-state index >= 15 is 0 Å². The monoisotopic (exact) mass is 214 g/mol. The summed E-state index contributed by atoms with van der Waals surface area (Å²) in [6.45, 7) is 6.96. The van der Waals surface area contributed by atoms with Crippen LogP contribution in [0.1, 0.15) is 26.7 Å². The molecule has 0 radical (unpaired) electrons. The Morgan fingerprint density at radius 3 is 2.73 bits per heavy atom. The lowest BCUT2D eigenvalue weighted by molar-refractivity contribution is -0.141. The molecule has 1 saturated heterocycles. The number of rotatable bonds is 4. The van der Waals surface area contributed by atoms with Crippen LogP contribution in [-0.4, -0.2) is 24.3 Å². The van der Waals surface area contributed by atoms with Gasteiger partial charge in [-0.05, 0) is 19.8 Å². The first-order valence-electron chi connectivity index (χ1n) is 4.67. The Labute approximate surface area is 88.0 Å². The number of carbonyl (C=O) groups excluding carboxylic acids is 2. The van der Waals surface area contributed by atoms with E-state index < -0.39 is 11.8 Å². The minimum atomic E-state index is -0.794. The highest BCUT2D eigenvalue weighted by Gasteiger charge is 2.41. The van der Waals surface area contributed by atoms with Crippen molar-refractivity contribution in [3.05, 3.63) is 12.3 Å². The summed E-state index contributed by atoms with van der Waals surface area (Å²) in [4.78, 5) is 21.3. The van der Waals surface area contributed by atoms with Crippen LogP contribution in [0, 0.1) is 0 Å². The molecule has 1 rings (SSSR count). The molecule has 15 heavy (non-hydrogen) atoms. The molecule has 1 atom stereocenters. The van der Waals surface area contributed by atoms with E-state index in [0.717, 1.165) is 0 Å². The molecule has 0 bridgehead atoms. The smallest absolute Gasteiger partial charge is 0.466 e. The first kappa shape index (κ1) is 11.6. The first-order valence-corrected chi connectivity index (χ1v) is 4.67. The molecule has 1 unspecified atom stereocenters. The van der Waals surface area contributed by atoms with Crippen LogP contribution in [0.2, 0.25) is 0 Å². The van der Waals surface area contributed by atoms with Crippen LogP contribution in [-0.2, 0) is 19.0 Å². The van der Waals surface area contributed by atoms with Gasteiger partial charge in [-0.3, -0.25) is 4.79 Å². The van der Waals surface area contributed by atoms with Crippen LogP contribution in [0.25, 0.3) is 0 Å². The second-order valence-electron chi connectivity index (χ2n) is 3.55. The summed E-state index contributed by atoms with van der Waals surface area (Å²) in [6, 6.07) is 0. The van der Waals surface area contributed by atoms with Crippen molar-refractivity contribution in [3.8, 4) is 0 Å². The van der Waals surface area contributed by atoms with Crippen molar-refractivity contribution in [1.82, 2.24) is 0 Å². The molecule has 84 valence electrons. The largest absolute Gasteiger partial charge is 0.514 e. The van der Waals surface area contributed by atoms with Crippen LogP contribution in [0.15, 0.2) is 12.3 Å². The quantitative estimate of drug-likeness (QED) is 0.527. The van der Waals surface area contributed by atoms with E-state index in [1.54, 1.807) is 6.92 Å². The number of hydrogen-bond donors (Lipinski definition) is 0. The average Bonchev–Trinajstić information content (AvgIpc) is 2.35. The third kappa shape index (κ3) is 2.97. The third-order valence-corrected chi connectivity index (χ3v) is 2.21. The van der Waals surface area contributed by atoms with Crippen LogP contribution in [0.4, 0.5) is 4.79 Å². The van der Waals surface area contributed by atoms with E-state index in [0.29, 0.717) is 25.2 Å². The Morgan fingerprint density at radius 2 is 2.27 bits per heavy atom. The van der Waals surface area contributed by atoms with Gasteiger partial charge in [0.15, 0.2) is 5.60 Å². The predicted molar refractivity (Wildman–Crippen MR) is 51.0 cm³/mol. The molecule has 1 heterocycles. The summed E-state index contributed by atoms with van der Waals surface area (Å²) < 4.78 is 14.4. The first-order chi connectivity index (χ1) is 6.94. The SMILES string of the molecule is C=C1OC(=O)OC1(C)CCCOC(C)=O. The Morgan fingerprint density at radius 1 is 1.60 bits per heavy atom. The van der Waals surface area contributed by atoms with Crippen molar-refractivity contribution in [2.45, 2.75) is 32.3 Å². The Bertz CT molecular complexity index is 296. The minimum absolute atomic E-state index is 0.301. The zero-order chi connectivity index (χ0) is 11.5. The van der Waals surface area contributed by atoms with Crippen LogP contribution < -0.4 is 0 Å². The van der Waals surface area contributed by atoms with Crippen molar-refractivity contribution < 1.29 is 23.8 Å². The lowest BCUT2D eigenvalue weighted by Crippen LogP contribution is -2.26. The Hall–Kier alpha value is -1.52. The van der Waals surface area contributed by atoms with Crippen molar-refractivity contribution >= 4 is 12.1 Å². The highest BCUT2D eigenvalue weighted by Crippen LogP contribution is 2.33. The van der Waals surface area contributed by atoms with Gasteiger partial charge in [-0.25, -0.2) is 4.79 Å². The minimum Gasteiger partial charge on any atom is -0.466 e. The molecule has 1 aliphatic rings. The number of esters is 1. The molecule has 5 nitrogen and oxygen atoms in total. The molecule has 0 aliphatic carbocycles. The topological polar surface area (TPSA) is 61.8 Å². The van der Waals surface area contributed by atoms with Gasteiger partial charge in [0.25, 0.3) is 0 Å². The molecule has 0 spiro atoms. The van der Waals surface area contributed by atoms with Gasteiger partial charge in [-0.1, -0.05) is 6.58 Å². The molecule has 0 aromatic rings. The number of hydrogen-bond acceptors (Lipinski definition) is 5. The van der Waals surface area contributed by atoms with Gasteiger partial charge >= 0.3 is 12.1 Å². The summed E-state index contributed by atoms with van der Waals surface area (Å²) in [5, 5.41) is 0. The normalized spacial score (nSPS) is 24.7. The van der Waals surface area contributed by atoms with Gasteiger partial charge in [0.05, 0.1) is 6.61 Å². The molecule has 1 fully saturated rings. The summed E-state index contributed by atoms with van der Waals surface area (Å²) in [5.74, 6) is -0.0195. The van der Waals surface area contributed by atoms with Crippen molar-refractivity contribution in [1.29, 1.82) is 0 Å². The fourth-order valence-electron chi connectivity index (χ4n) is 1.29. The van der Waals surface area contributed by atoms with Gasteiger partial charge in [-0.15, -0.1) is 0 Å². The number of cyclic esters (lactones) is 2. The second-order valence-corrected chi connectivity index (χ2v) is 3.55. The molecule has 0 N–H and O–H groups in total. The molecule has 0 saturated carbocycles. The highest BCUT2D eigenvalue weighted by atomic mass is 16.8. The van der Waals surface area contributed by atoms with Crippen LogP contribution >= 0.6 is 0 Å². The third-order valence-electron chi connectivity index (χ3n) is 2.21. The zero-order valence-electron chi connectivity index (χ0n) is 8.87. The molecule has 0 aromatic carbocycles. The van der Waals surface area contributed by atoms with Gasteiger partial charge in [-0.2, -0.15) is 0 Å². The Kier molecular flexibility index (Phi) is 3.34. The zero-order valence-corrected chi connectivity index (χ0v) is 8.87. The Balaban J connectivity index is 2.34. The summed E-state index contributed by atoms with van der Waals surface area (Å²) in [7, 11) is 0. The van der Waals surface area contributed by atoms with E-state index in [9.17, 15) is 9.59 Å². The molecule has 0 aromatic heterocycles. The number of ether oxygens (including phenoxy) is 3. The molecule has 0 amide bonds. The van der Waals surface area contributed by atoms with Gasteiger partial charge < -0.3 is 14.2 Å². The van der Waals surface area contributed by atoms with E-state index in [2.05, 4.69) is 6.58 Å². The lowest BCUT2D eigenvalue weighted by Gasteiger charge is -2.19. The predicted octanol–water partition coefficient (Wildman–Crippen LogP) is 1.77. The van der Waals surface area contributed by atoms with Crippen molar-refractivity contribution in [2.75, 3.05) is 6.61 Å². The summed E-state index contributed by atoms with van der Waals surface area (Å²) in [5.41, 5.74) is -0.794. The van der Waals surface area contributed by atoms with Gasteiger partial charge in [0.1, 0.15) is 5.76 Å². The van der Waals surface area contributed by atoms with E-state index in [4.69, 9.17) is 14.2 Å². The maximum atomic E-state index is 10.8. The molecular formula is C10H14O5. The molecule has 1 aliphatic heterocycles. The summed E-state index contributed by atoms with van der Waals surface area (Å²) >= 11 is 0. The van der Waals surface area contributed by atoms with Crippen LogP contribution in [0.5, 0.6) is 0 Å². The van der Waals surface area contributed by atoms with E-state index in [1.165, 1.54) is 6.92 Å². The maximum absolute atomic E-state index is 10.8. The second kappa shape index (κ2) is 4.33. The number of carbonyl (C=O) groups is 2. The van der Waals surface area contributed by atoms with Gasteiger partial charge in [0, 0.05) is 6.92 Å². The lowest BCUT2D eigenvalue weighted by atomic mass is 9.99. The fourth-order valence-corrected chi connectivity index (χ4v) is 1.29.